The summed E-state index contributed by atoms with van der Waals surface area (Å²) in [4.78, 5) is 18.0. The minimum absolute atomic E-state index is 0. The van der Waals surface area contributed by atoms with Gasteiger partial charge in [-0.2, -0.15) is 13.2 Å². The van der Waals surface area contributed by atoms with Gasteiger partial charge in [-0.25, -0.2) is 4.98 Å². The molecule has 1 aromatic carbocycles. The number of amides is 1. The Kier molecular flexibility index (Phi) is 7.20. The van der Waals surface area contributed by atoms with Gasteiger partial charge in [0.2, 0.25) is 11.8 Å². The van der Waals surface area contributed by atoms with Crippen molar-refractivity contribution in [1.29, 1.82) is 0 Å². The van der Waals surface area contributed by atoms with Gasteiger partial charge in [0, 0.05) is 36.9 Å². The number of fused-ring (bicyclic) bond motifs is 1. The van der Waals surface area contributed by atoms with Gasteiger partial charge in [-0.15, -0.1) is 12.4 Å². The highest BCUT2D eigenvalue weighted by atomic mass is 35.5. The zero-order chi connectivity index (χ0) is 22.9. The number of carbonyl (C=O) groups excluding carboxylic acids is 1. The molecule has 0 aliphatic carbocycles. The van der Waals surface area contributed by atoms with Gasteiger partial charge in [-0.3, -0.25) is 4.79 Å². The van der Waals surface area contributed by atoms with Crippen molar-refractivity contribution in [1.82, 2.24) is 14.5 Å². The molecule has 3 aromatic rings. The van der Waals surface area contributed by atoms with Crippen LogP contribution >= 0.6 is 12.4 Å². The predicted molar refractivity (Wildman–Crippen MR) is 118 cm³/mol. The Morgan fingerprint density at radius 3 is 2.79 bits per heavy atom. The molecule has 3 heterocycles. The average molecular weight is 485 g/mol. The van der Waals surface area contributed by atoms with Crippen LogP contribution in [0.15, 0.2) is 48.8 Å². The molecule has 2 aromatic heterocycles. The lowest BCUT2D eigenvalue weighted by molar-refractivity contribution is -0.272. The molecule has 1 saturated heterocycles. The summed E-state index contributed by atoms with van der Waals surface area (Å²) in [5, 5.41) is 10.7. The second-order valence-electron chi connectivity index (χ2n) is 7.89. The van der Waals surface area contributed by atoms with Crippen LogP contribution in [0.5, 0.6) is 11.6 Å². The number of aromatic nitrogens is 2. The van der Waals surface area contributed by atoms with Crippen LogP contribution in [0, 0.1) is 0 Å². The molecule has 178 valence electrons. The molecule has 1 unspecified atom stereocenters. The van der Waals surface area contributed by atoms with E-state index in [1.54, 1.807) is 53.4 Å². The number of carbonyl (C=O) groups is 1. The smallest absolute Gasteiger partial charge is 0.418 e. The van der Waals surface area contributed by atoms with Crippen LogP contribution in [0.4, 0.5) is 13.2 Å². The summed E-state index contributed by atoms with van der Waals surface area (Å²) >= 11 is 0. The van der Waals surface area contributed by atoms with Gasteiger partial charge in [-0.05, 0) is 42.7 Å². The molecule has 0 spiro atoms. The van der Waals surface area contributed by atoms with E-state index in [4.69, 9.17) is 10.5 Å². The lowest BCUT2D eigenvalue weighted by Crippen LogP contribution is -2.58. The molecule has 1 atom stereocenters. The first-order valence-electron chi connectivity index (χ1n) is 10.2. The Morgan fingerprint density at radius 1 is 1.27 bits per heavy atom. The van der Waals surface area contributed by atoms with E-state index in [1.165, 1.54) is 0 Å². The lowest BCUT2D eigenvalue weighted by Gasteiger charge is -2.40. The highest BCUT2D eigenvalue weighted by Crippen LogP contribution is 2.37. The van der Waals surface area contributed by atoms with Crippen LogP contribution in [0.2, 0.25) is 0 Å². The highest BCUT2D eigenvalue weighted by Gasteiger charge is 2.55. The van der Waals surface area contributed by atoms with E-state index in [0.717, 1.165) is 15.8 Å². The van der Waals surface area contributed by atoms with Crippen molar-refractivity contribution in [3.8, 4) is 11.6 Å². The Labute approximate surface area is 194 Å². The van der Waals surface area contributed by atoms with Gasteiger partial charge in [-0.1, -0.05) is 6.07 Å². The summed E-state index contributed by atoms with van der Waals surface area (Å²) in [6.07, 6.45) is -1.83. The number of piperidine rings is 1. The Balaban J connectivity index is 0.00000306. The standard InChI is InChI=1S/C22H23F3N4O3.ClH/c23-22(24,25)21(31)7-2-9-29(14-21)20(30)13-28-10-6-16-17(28)3-1-4-18(16)32-19-11-15(12-26)5-8-27-19;/h1,3-6,8,10-11,31H,2,7,9,12-14,26H2;1H. The number of alkyl halides is 3. The molecular formula is C22H24ClF3N4O3. The maximum atomic E-state index is 13.2. The van der Waals surface area contributed by atoms with Crippen molar-refractivity contribution in [3.05, 3.63) is 54.4 Å². The summed E-state index contributed by atoms with van der Waals surface area (Å²) in [7, 11) is 0. The number of hydrogen-bond acceptors (Lipinski definition) is 5. The molecule has 0 saturated carbocycles. The molecule has 0 bridgehead atoms. The summed E-state index contributed by atoms with van der Waals surface area (Å²) in [5.41, 5.74) is 4.34. The number of β-amino-alcohol motifs (C(OH)–C–C–N with tert-alkyl or cyclic N) is 1. The van der Waals surface area contributed by atoms with Crippen LogP contribution in [0.25, 0.3) is 10.9 Å². The quantitative estimate of drug-likeness (QED) is 0.577. The number of benzene rings is 1. The fourth-order valence-corrected chi connectivity index (χ4v) is 3.89. The molecule has 0 radical (unpaired) electrons. The minimum atomic E-state index is -4.78. The first-order chi connectivity index (χ1) is 15.2. The first-order valence-corrected chi connectivity index (χ1v) is 10.2. The summed E-state index contributed by atoms with van der Waals surface area (Å²) < 4.78 is 47.1. The van der Waals surface area contributed by atoms with Gasteiger partial charge in [0.15, 0.2) is 5.60 Å². The highest BCUT2D eigenvalue weighted by molar-refractivity contribution is 5.88. The fraction of sp³-hybridized carbons (Fsp3) is 0.364. The van der Waals surface area contributed by atoms with Gasteiger partial charge < -0.3 is 25.0 Å². The Bertz CT molecular complexity index is 1140. The molecule has 1 fully saturated rings. The van der Waals surface area contributed by atoms with Crippen LogP contribution in [0.1, 0.15) is 18.4 Å². The number of aliphatic hydroxyl groups is 1. The summed E-state index contributed by atoms with van der Waals surface area (Å²) in [6.45, 7) is -0.386. The number of nitrogens with zero attached hydrogens (tertiary/aromatic N) is 3. The van der Waals surface area contributed by atoms with E-state index in [0.29, 0.717) is 23.7 Å². The van der Waals surface area contributed by atoms with Gasteiger partial charge in [0.25, 0.3) is 0 Å². The van der Waals surface area contributed by atoms with Crippen molar-refractivity contribution in [2.45, 2.75) is 37.7 Å². The predicted octanol–water partition coefficient (Wildman–Crippen LogP) is 3.62. The number of likely N-dealkylation sites (tertiary alicyclic amines) is 1. The molecule has 1 aliphatic heterocycles. The van der Waals surface area contributed by atoms with E-state index < -0.39 is 30.7 Å². The largest absolute Gasteiger partial charge is 0.438 e. The number of nitrogens with two attached hydrogens (primary N) is 1. The zero-order valence-electron chi connectivity index (χ0n) is 17.6. The lowest BCUT2D eigenvalue weighted by atomic mass is 9.92. The maximum Gasteiger partial charge on any atom is 0.418 e. The summed E-state index contributed by atoms with van der Waals surface area (Å²) in [5.74, 6) is 0.414. The molecule has 1 aliphatic rings. The number of rotatable bonds is 5. The minimum Gasteiger partial charge on any atom is -0.438 e. The Morgan fingerprint density at radius 2 is 2.06 bits per heavy atom. The molecular weight excluding hydrogens is 461 g/mol. The zero-order valence-corrected chi connectivity index (χ0v) is 18.4. The van der Waals surface area contributed by atoms with E-state index >= 15 is 0 Å². The van der Waals surface area contributed by atoms with Gasteiger partial charge in [0.1, 0.15) is 12.3 Å². The van der Waals surface area contributed by atoms with Crippen molar-refractivity contribution >= 4 is 29.2 Å². The third-order valence-electron chi connectivity index (χ3n) is 5.68. The van der Waals surface area contributed by atoms with Crippen molar-refractivity contribution in [2.24, 2.45) is 5.73 Å². The van der Waals surface area contributed by atoms with Crippen molar-refractivity contribution < 1.29 is 27.8 Å². The number of hydrogen-bond donors (Lipinski definition) is 2. The maximum absolute atomic E-state index is 13.2. The van der Waals surface area contributed by atoms with E-state index in [1.807, 2.05) is 0 Å². The first kappa shape index (κ1) is 24.8. The second-order valence-corrected chi connectivity index (χ2v) is 7.89. The summed E-state index contributed by atoms with van der Waals surface area (Å²) in [6, 6.07) is 10.6. The molecule has 4 rings (SSSR count). The topological polar surface area (TPSA) is 93.6 Å². The average Bonchev–Trinajstić information content (AvgIpc) is 3.17. The number of ether oxygens (including phenoxy) is 1. The van der Waals surface area contributed by atoms with Crippen LogP contribution < -0.4 is 10.5 Å². The number of halogens is 4. The normalized spacial score (nSPS) is 18.8. The second kappa shape index (κ2) is 9.58. The molecule has 1 amide bonds. The van der Waals surface area contributed by atoms with Crippen molar-refractivity contribution in [3.63, 3.8) is 0 Å². The molecule has 3 N–H and O–H groups in total. The number of pyridine rings is 1. The van der Waals surface area contributed by atoms with Gasteiger partial charge in [0.05, 0.1) is 12.1 Å². The van der Waals surface area contributed by atoms with E-state index in [-0.39, 0.29) is 31.9 Å². The SMILES string of the molecule is Cl.NCc1ccnc(Oc2cccc3c2ccn3CC(=O)N2CCCC(O)(C(F)(F)F)C2)c1. The van der Waals surface area contributed by atoms with E-state index in [9.17, 15) is 23.1 Å². The molecule has 7 nitrogen and oxygen atoms in total. The van der Waals surface area contributed by atoms with Gasteiger partial charge >= 0.3 is 6.18 Å². The third-order valence-corrected chi connectivity index (χ3v) is 5.68. The monoisotopic (exact) mass is 484 g/mol. The molecule has 11 heteroatoms. The fourth-order valence-electron chi connectivity index (χ4n) is 3.89. The third kappa shape index (κ3) is 5.07. The van der Waals surface area contributed by atoms with E-state index in [2.05, 4.69) is 4.98 Å². The molecule has 33 heavy (non-hydrogen) atoms. The van der Waals surface area contributed by atoms with Crippen LogP contribution in [-0.2, 0) is 17.9 Å². The van der Waals surface area contributed by atoms with Crippen LogP contribution in [0.3, 0.4) is 0 Å². The van der Waals surface area contributed by atoms with Crippen molar-refractivity contribution in [2.75, 3.05) is 13.1 Å². The Hall–Kier alpha value is -2.82. The van der Waals surface area contributed by atoms with Crippen LogP contribution in [-0.4, -0.2) is 50.3 Å².